The van der Waals surface area contributed by atoms with Crippen molar-refractivity contribution in [3.05, 3.63) is 62.1 Å². The highest BCUT2D eigenvalue weighted by Crippen LogP contribution is 2.38. The van der Waals surface area contributed by atoms with E-state index in [-0.39, 0.29) is 17.2 Å². The Kier molecular flexibility index (Phi) is 6.56. The van der Waals surface area contributed by atoms with E-state index in [1.54, 1.807) is 42.5 Å². The molecule has 0 unspecified atom stereocenters. The van der Waals surface area contributed by atoms with Gasteiger partial charge in [-0.25, -0.2) is 0 Å². The molecule has 0 atom stereocenters. The zero-order valence-electron chi connectivity index (χ0n) is 13.0. The maximum absolute atomic E-state index is 8.84. The fourth-order valence-electron chi connectivity index (χ4n) is 2.01. The maximum Gasteiger partial charge on any atom is 0.180 e. The minimum atomic E-state index is -0.0419. The number of rotatable bonds is 5. The number of benzene rings is 2. The smallest absolute Gasteiger partial charge is 0.180 e. The molecule has 7 heteroatoms. The molecule has 0 aromatic heterocycles. The molecule has 0 fully saturated rings. The second-order valence-electron chi connectivity index (χ2n) is 4.84. The Morgan fingerprint density at radius 1 is 1.08 bits per heavy atom. The van der Waals surface area contributed by atoms with Gasteiger partial charge in [-0.2, -0.15) is 10.5 Å². The van der Waals surface area contributed by atoms with Crippen molar-refractivity contribution in [3.8, 4) is 23.6 Å². The van der Waals surface area contributed by atoms with Gasteiger partial charge in [0.05, 0.1) is 12.1 Å². The van der Waals surface area contributed by atoms with E-state index in [2.05, 4.69) is 0 Å². The molecule has 2 aromatic carbocycles. The fraction of sp³-hybridized carbons (Fsp3) is 0.111. The van der Waals surface area contributed by atoms with E-state index in [1.165, 1.54) is 13.2 Å². The lowest BCUT2D eigenvalue weighted by Crippen LogP contribution is -1.99. The third-order valence-electron chi connectivity index (χ3n) is 3.19. The summed E-state index contributed by atoms with van der Waals surface area (Å²) in [6.45, 7) is 0.170. The van der Waals surface area contributed by atoms with Crippen molar-refractivity contribution in [1.29, 1.82) is 10.5 Å². The third-order valence-corrected chi connectivity index (χ3v) is 4.06. The summed E-state index contributed by atoms with van der Waals surface area (Å²) in [6.07, 6.45) is 1.41. The summed E-state index contributed by atoms with van der Waals surface area (Å²) in [6, 6.07) is 11.9. The first-order valence-corrected chi connectivity index (χ1v) is 8.08. The summed E-state index contributed by atoms with van der Waals surface area (Å²) in [5.74, 6) is 0.710. The topological polar surface area (TPSA) is 66.0 Å². The molecule has 0 aliphatic carbocycles. The lowest BCUT2D eigenvalue weighted by atomic mass is 10.1. The molecule has 0 aliphatic heterocycles. The first-order chi connectivity index (χ1) is 12.0. The monoisotopic (exact) mass is 392 g/mol. The lowest BCUT2D eigenvalue weighted by Gasteiger charge is -2.14. The molecule has 4 nitrogen and oxygen atoms in total. The van der Waals surface area contributed by atoms with E-state index in [1.807, 2.05) is 0 Å². The van der Waals surface area contributed by atoms with E-state index < -0.39 is 0 Å². The van der Waals surface area contributed by atoms with Crippen LogP contribution in [0.1, 0.15) is 11.1 Å². The summed E-state index contributed by atoms with van der Waals surface area (Å²) < 4.78 is 11.0. The molecule has 2 rings (SSSR count). The van der Waals surface area contributed by atoms with Gasteiger partial charge in [0.1, 0.15) is 24.3 Å². The van der Waals surface area contributed by atoms with Gasteiger partial charge in [-0.1, -0.05) is 40.9 Å². The highest BCUT2D eigenvalue weighted by molar-refractivity contribution is 6.35. The minimum Gasteiger partial charge on any atom is -0.493 e. The SMILES string of the molecule is COc1cc(C=C(C#N)C#N)cc(Cl)c1OCc1ccc(Cl)cc1Cl. The second-order valence-corrected chi connectivity index (χ2v) is 6.09. The van der Waals surface area contributed by atoms with Crippen LogP contribution in [0.25, 0.3) is 6.08 Å². The number of hydrogen-bond acceptors (Lipinski definition) is 4. The van der Waals surface area contributed by atoms with Crippen LogP contribution in [0.3, 0.4) is 0 Å². The normalized spacial score (nSPS) is 9.68. The maximum atomic E-state index is 8.84. The van der Waals surface area contributed by atoms with Crippen LogP contribution in [0.4, 0.5) is 0 Å². The van der Waals surface area contributed by atoms with Gasteiger partial charge >= 0.3 is 0 Å². The van der Waals surface area contributed by atoms with Crippen LogP contribution in [-0.2, 0) is 6.61 Å². The Morgan fingerprint density at radius 2 is 1.80 bits per heavy atom. The van der Waals surface area contributed by atoms with Gasteiger partial charge in [-0.3, -0.25) is 0 Å². The van der Waals surface area contributed by atoms with Crippen molar-refractivity contribution in [2.24, 2.45) is 0 Å². The Morgan fingerprint density at radius 3 is 2.40 bits per heavy atom. The van der Waals surface area contributed by atoms with Crippen molar-refractivity contribution < 1.29 is 9.47 Å². The van der Waals surface area contributed by atoms with E-state index in [0.29, 0.717) is 27.1 Å². The molecule has 0 saturated heterocycles. The first-order valence-electron chi connectivity index (χ1n) is 6.94. The third kappa shape index (κ3) is 4.81. The summed E-state index contributed by atoms with van der Waals surface area (Å²) in [4.78, 5) is 0. The van der Waals surface area contributed by atoms with E-state index >= 15 is 0 Å². The summed E-state index contributed by atoms with van der Waals surface area (Å²) in [5.41, 5.74) is 1.25. The van der Waals surface area contributed by atoms with Gasteiger partial charge in [0.25, 0.3) is 0 Å². The van der Waals surface area contributed by atoms with Crippen LogP contribution in [0, 0.1) is 22.7 Å². The predicted molar refractivity (Wildman–Crippen MR) is 98.0 cm³/mol. The summed E-state index contributed by atoms with van der Waals surface area (Å²) in [5, 5.41) is 19.0. The van der Waals surface area contributed by atoms with Gasteiger partial charge in [0, 0.05) is 15.6 Å². The Balaban J connectivity index is 2.31. The molecular weight excluding hydrogens is 383 g/mol. The molecule has 0 spiro atoms. The minimum absolute atomic E-state index is 0.0419. The number of nitrogens with zero attached hydrogens (tertiary/aromatic N) is 2. The highest BCUT2D eigenvalue weighted by atomic mass is 35.5. The number of halogens is 3. The largest absolute Gasteiger partial charge is 0.493 e. The zero-order valence-corrected chi connectivity index (χ0v) is 15.3. The van der Waals surface area contributed by atoms with E-state index in [9.17, 15) is 0 Å². The number of allylic oxidation sites excluding steroid dienone is 1. The molecule has 0 radical (unpaired) electrons. The Hall–Kier alpha value is -2.37. The van der Waals surface area contributed by atoms with Crippen molar-refractivity contribution in [3.63, 3.8) is 0 Å². The van der Waals surface area contributed by atoms with Crippen LogP contribution in [0.15, 0.2) is 35.9 Å². The number of ether oxygens (including phenoxy) is 2. The van der Waals surface area contributed by atoms with Crippen LogP contribution in [0.5, 0.6) is 11.5 Å². The average molecular weight is 394 g/mol. The predicted octanol–water partition coefficient (Wildman–Crippen LogP) is 5.66. The molecular formula is C18H11Cl3N2O2. The molecule has 25 heavy (non-hydrogen) atoms. The zero-order chi connectivity index (χ0) is 18.4. The van der Waals surface area contributed by atoms with Crippen LogP contribution >= 0.6 is 34.8 Å². The van der Waals surface area contributed by atoms with E-state index in [0.717, 1.165) is 5.56 Å². The molecule has 0 amide bonds. The molecule has 0 aliphatic rings. The first kappa shape index (κ1) is 19.0. The Bertz CT molecular complexity index is 896. The van der Waals surface area contributed by atoms with Crippen LogP contribution < -0.4 is 9.47 Å². The molecule has 0 N–H and O–H groups in total. The molecule has 0 heterocycles. The van der Waals surface area contributed by atoms with Gasteiger partial charge in [0.2, 0.25) is 0 Å². The molecule has 0 saturated carbocycles. The number of methoxy groups -OCH3 is 1. The van der Waals surface area contributed by atoms with Crippen LogP contribution in [0.2, 0.25) is 15.1 Å². The van der Waals surface area contributed by atoms with Gasteiger partial charge < -0.3 is 9.47 Å². The number of nitriles is 2. The van der Waals surface area contributed by atoms with Crippen molar-refractivity contribution in [1.82, 2.24) is 0 Å². The quantitative estimate of drug-likeness (QED) is 0.614. The number of hydrogen-bond donors (Lipinski definition) is 0. The average Bonchev–Trinajstić information content (AvgIpc) is 2.59. The molecule has 2 aromatic rings. The van der Waals surface area contributed by atoms with Gasteiger partial charge in [0.15, 0.2) is 11.5 Å². The molecule has 0 bridgehead atoms. The van der Waals surface area contributed by atoms with Crippen molar-refractivity contribution in [2.45, 2.75) is 6.61 Å². The summed E-state index contributed by atoms with van der Waals surface area (Å²) in [7, 11) is 1.47. The van der Waals surface area contributed by atoms with Crippen molar-refractivity contribution >= 4 is 40.9 Å². The molecule has 126 valence electrons. The summed E-state index contributed by atoms with van der Waals surface area (Å²) >= 11 is 18.3. The van der Waals surface area contributed by atoms with E-state index in [4.69, 9.17) is 54.8 Å². The van der Waals surface area contributed by atoms with Crippen LogP contribution in [-0.4, -0.2) is 7.11 Å². The lowest BCUT2D eigenvalue weighted by molar-refractivity contribution is 0.285. The second kappa shape index (κ2) is 8.65. The Labute approximate surface area is 160 Å². The fourth-order valence-corrected chi connectivity index (χ4v) is 2.74. The standard InChI is InChI=1S/C18H11Cl3N2O2/c1-24-17-6-11(4-12(8-22)9-23)5-16(21)18(17)25-10-13-2-3-14(19)7-15(13)20/h2-7H,10H2,1H3. The highest BCUT2D eigenvalue weighted by Gasteiger charge is 2.13. The van der Waals surface area contributed by atoms with Crippen molar-refractivity contribution in [2.75, 3.05) is 7.11 Å². The van der Waals surface area contributed by atoms with Gasteiger partial charge in [-0.15, -0.1) is 0 Å². The van der Waals surface area contributed by atoms with Gasteiger partial charge in [-0.05, 0) is 35.9 Å².